The number of carbonyl (C=O) groups is 2. The number of carbonyl (C=O) groups excluding carboxylic acids is 2. The minimum absolute atomic E-state index is 0.208. The van der Waals surface area contributed by atoms with Crippen LogP contribution in [0.3, 0.4) is 0 Å². The van der Waals surface area contributed by atoms with E-state index in [1.807, 2.05) is 0 Å². The van der Waals surface area contributed by atoms with Crippen LogP contribution >= 0.6 is 0 Å². The summed E-state index contributed by atoms with van der Waals surface area (Å²) >= 11 is 0. The van der Waals surface area contributed by atoms with E-state index in [2.05, 4.69) is 23.7 Å². The number of aliphatic hydroxyl groups is 2. The summed E-state index contributed by atoms with van der Waals surface area (Å²) < 4.78 is 0. The molecule has 2 bridgehead atoms. The van der Waals surface area contributed by atoms with Crippen molar-refractivity contribution < 1.29 is 19.8 Å². The van der Waals surface area contributed by atoms with Gasteiger partial charge in [-0.1, -0.05) is 23.7 Å². The van der Waals surface area contributed by atoms with E-state index in [9.17, 15) is 19.8 Å². The van der Waals surface area contributed by atoms with Crippen LogP contribution in [-0.4, -0.2) is 33.5 Å². The summed E-state index contributed by atoms with van der Waals surface area (Å²) in [6.45, 7) is 0. The Balaban J connectivity index is 2.61. The molecular weight excluding hydrogens is 220 g/mol. The molecule has 17 heavy (non-hydrogen) atoms. The zero-order valence-electron chi connectivity index (χ0n) is 8.73. The van der Waals surface area contributed by atoms with Crippen molar-refractivity contribution >= 4 is 11.6 Å². The topological polar surface area (TPSA) is 74.6 Å². The lowest BCUT2D eigenvalue weighted by atomic mass is 9.81. The molecule has 2 aliphatic rings. The van der Waals surface area contributed by atoms with Gasteiger partial charge in [-0.25, -0.2) is 0 Å². The lowest BCUT2D eigenvalue weighted by molar-refractivity contribution is -0.135. The summed E-state index contributed by atoms with van der Waals surface area (Å²) in [7, 11) is 0. The number of hydrogen-bond acceptors (Lipinski definition) is 4. The highest BCUT2D eigenvalue weighted by Crippen LogP contribution is 2.24. The smallest absolute Gasteiger partial charge is 0.207 e. The maximum absolute atomic E-state index is 11.9. The molecule has 2 rings (SSSR count). The number of Topliss-reactive ketones (excluding diaryl/α,β-unsaturated/α-hetero) is 1. The van der Waals surface area contributed by atoms with Crippen molar-refractivity contribution in [3.63, 3.8) is 0 Å². The second-order valence-electron chi connectivity index (χ2n) is 3.73. The summed E-state index contributed by atoms with van der Waals surface area (Å²) in [6.07, 6.45) is 1.98. The number of hydrogen-bond donors (Lipinski definition) is 2. The molecule has 4 nitrogen and oxygen atoms in total. The van der Waals surface area contributed by atoms with Gasteiger partial charge in [-0.05, 0) is 18.2 Å². The first-order valence-electron chi connectivity index (χ1n) is 4.91. The van der Waals surface area contributed by atoms with E-state index < -0.39 is 29.7 Å². The number of fused-ring (bicyclic) bond motifs is 2. The van der Waals surface area contributed by atoms with Gasteiger partial charge in [-0.2, -0.15) is 0 Å². The Morgan fingerprint density at radius 2 is 2.00 bits per heavy atom. The van der Waals surface area contributed by atoms with Crippen molar-refractivity contribution in [3.8, 4) is 23.7 Å². The normalized spacial score (nSPS) is 32.6. The molecule has 0 fully saturated rings. The first-order valence-corrected chi connectivity index (χ1v) is 4.91. The van der Waals surface area contributed by atoms with E-state index in [0.29, 0.717) is 0 Å². The fraction of sp³-hybridized carbons (Fsp3) is 0.231. The number of rotatable bonds is 0. The van der Waals surface area contributed by atoms with Crippen molar-refractivity contribution in [2.75, 3.05) is 0 Å². The van der Waals surface area contributed by atoms with E-state index in [-0.39, 0.29) is 5.57 Å². The molecule has 2 atom stereocenters. The van der Waals surface area contributed by atoms with Crippen molar-refractivity contribution in [1.29, 1.82) is 0 Å². The van der Waals surface area contributed by atoms with Crippen molar-refractivity contribution in [3.05, 3.63) is 23.8 Å². The number of aliphatic hydroxyl groups excluding tert-OH is 1. The number of ketones is 2. The highest BCUT2D eigenvalue weighted by Gasteiger charge is 2.43. The van der Waals surface area contributed by atoms with E-state index >= 15 is 0 Å². The van der Waals surface area contributed by atoms with E-state index in [1.54, 1.807) is 0 Å². The molecule has 2 unspecified atom stereocenters. The van der Waals surface area contributed by atoms with Crippen LogP contribution in [-0.2, 0) is 9.59 Å². The lowest BCUT2D eigenvalue weighted by Crippen LogP contribution is -2.45. The Labute approximate surface area is 97.6 Å². The molecule has 0 spiro atoms. The van der Waals surface area contributed by atoms with Crippen LogP contribution in [0.15, 0.2) is 23.8 Å². The second-order valence-corrected chi connectivity index (χ2v) is 3.73. The Hall–Kier alpha value is -2.14. The quantitative estimate of drug-likeness (QED) is 0.528. The molecule has 2 aliphatic carbocycles. The molecule has 0 heterocycles. The van der Waals surface area contributed by atoms with Gasteiger partial charge in [0.25, 0.3) is 0 Å². The monoisotopic (exact) mass is 228 g/mol. The molecule has 2 N–H and O–H groups in total. The van der Waals surface area contributed by atoms with Crippen LogP contribution in [0.4, 0.5) is 0 Å². The molecule has 84 valence electrons. The van der Waals surface area contributed by atoms with Gasteiger partial charge in [0, 0.05) is 5.57 Å². The molecule has 0 aliphatic heterocycles. The van der Waals surface area contributed by atoms with E-state index in [0.717, 1.165) is 6.08 Å². The Bertz CT molecular complexity index is 574. The minimum atomic E-state index is -2.05. The van der Waals surface area contributed by atoms with Gasteiger partial charge in [-0.15, -0.1) is 0 Å². The summed E-state index contributed by atoms with van der Waals surface area (Å²) in [4.78, 5) is 23.3. The van der Waals surface area contributed by atoms with Crippen LogP contribution in [0.2, 0.25) is 0 Å². The zero-order chi connectivity index (χ0) is 12.5. The summed E-state index contributed by atoms with van der Waals surface area (Å²) in [5.74, 6) is 8.42. The average molecular weight is 228 g/mol. The van der Waals surface area contributed by atoms with Crippen LogP contribution in [0.1, 0.15) is 6.42 Å². The van der Waals surface area contributed by atoms with Gasteiger partial charge in [0.1, 0.15) is 6.10 Å². The predicted octanol–water partition coefficient (Wildman–Crippen LogP) is -0.877. The molecule has 0 saturated carbocycles. The summed E-state index contributed by atoms with van der Waals surface area (Å²) in [5, 5.41) is 19.6. The SMILES string of the molecule is O=C1C=C2C(=O)C(O)(C#C/C=C/C#CC2O)C1. The standard InChI is InChI=1S/C13H8O4/c14-9-7-10-11(15)5-3-1-2-4-6-13(17,8-9)12(10)16/h1-2,7,11,15,17H,8H2/b2-1+. The van der Waals surface area contributed by atoms with Crippen molar-refractivity contribution in [2.45, 2.75) is 18.1 Å². The van der Waals surface area contributed by atoms with Gasteiger partial charge < -0.3 is 10.2 Å². The molecular formula is C13H8O4. The zero-order valence-corrected chi connectivity index (χ0v) is 8.73. The van der Waals surface area contributed by atoms with Gasteiger partial charge in [0.15, 0.2) is 11.4 Å². The van der Waals surface area contributed by atoms with Gasteiger partial charge in [0.2, 0.25) is 5.78 Å². The fourth-order valence-electron chi connectivity index (χ4n) is 1.61. The molecule has 0 radical (unpaired) electrons. The molecule has 4 heteroatoms. The summed E-state index contributed by atoms with van der Waals surface area (Å²) in [5.41, 5.74) is -2.26. The predicted molar refractivity (Wildman–Crippen MR) is 58.4 cm³/mol. The molecule has 0 amide bonds. The van der Waals surface area contributed by atoms with Crippen LogP contribution < -0.4 is 0 Å². The highest BCUT2D eigenvalue weighted by atomic mass is 16.3. The minimum Gasteiger partial charge on any atom is -0.376 e. The van der Waals surface area contributed by atoms with Crippen LogP contribution in [0.25, 0.3) is 0 Å². The first kappa shape index (κ1) is 11.3. The first-order chi connectivity index (χ1) is 8.03. The molecule has 0 aromatic rings. The highest BCUT2D eigenvalue weighted by molar-refractivity contribution is 6.15. The lowest BCUT2D eigenvalue weighted by Gasteiger charge is -2.25. The second kappa shape index (κ2) is 4.03. The van der Waals surface area contributed by atoms with Crippen molar-refractivity contribution in [2.24, 2.45) is 0 Å². The molecule has 0 aromatic carbocycles. The summed E-state index contributed by atoms with van der Waals surface area (Å²) in [6, 6.07) is 0. The van der Waals surface area contributed by atoms with Crippen LogP contribution in [0.5, 0.6) is 0 Å². The third-order valence-electron chi connectivity index (χ3n) is 2.43. The fourth-order valence-corrected chi connectivity index (χ4v) is 1.61. The van der Waals surface area contributed by atoms with Gasteiger partial charge in [-0.3, -0.25) is 9.59 Å². The Morgan fingerprint density at radius 1 is 1.29 bits per heavy atom. The van der Waals surface area contributed by atoms with Gasteiger partial charge in [0.05, 0.1) is 6.42 Å². The van der Waals surface area contributed by atoms with E-state index in [1.165, 1.54) is 12.2 Å². The average Bonchev–Trinajstić information content (AvgIpc) is 2.26. The third kappa shape index (κ3) is 2.05. The van der Waals surface area contributed by atoms with E-state index in [4.69, 9.17) is 0 Å². The Kier molecular flexibility index (Phi) is 2.69. The largest absolute Gasteiger partial charge is 0.376 e. The van der Waals surface area contributed by atoms with Gasteiger partial charge >= 0.3 is 0 Å². The third-order valence-corrected chi connectivity index (χ3v) is 2.43. The van der Waals surface area contributed by atoms with Crippen molar-refractivity contribution in [1.82, 2.24) is 0 Å². The number of allylic oxidation sites excluding steroid dienone is 3. The Morgan fingerprint density at radius 3 is 2.76 bits per heavy atom. The van der Waals surface area contributed by atoms with Crippen LogP contribution in [0, 0.1) is 23.7 Å². The maximum Gasteiger partial charge on any atom is 0.207 e. The molecule has 0 saturated heterocycles. The molecule has 0 aromatic heterocycles. The maximum atomic E-state index is 11.9.